The lowest BCUT2D eigenvalue weighted by molar-refractivity contribution is 0.399. The summed E-state index contributed by atoms with van der Waals surface area (Å²) in [5.74, 6) is 1.57. The monoisotopic (exact) mass is 324 g/mol. The van der Waals surface area contributed by atoms with Gasteiger partial charge < -0.3 is 15.0 Å². The van der Waals surface area contributed by atoms with Gasteiger partial charge in [0.2, 0.25) is 5.88 Å². The first-order chi connectivity index (χ1) is 11.8. The molecule has 0 atom stereocenters. The van der Waals surface area contributed by atoms with Crippen LogP contribution in [0.1, 0.15) is 5.69 Å². The molecule has 1 fully saturated rings. The van der Waals surface area contributed by atoms with Crippen molar-refractivity contribution in [3.63, 3.8) is 0 Å². The highest BCUT2D eigenvalue weighted by atomic mass is 16.5. The molecule has 24 heavy (non-hydrogen) atoms. The minimum Gasteiger partial charge on any atom is -0.481 e. The van der Waals surface area contributed by atoms with Crippen LogP contribution in [0.25, 0.3) is 16.8 Å². The minimum atomic E-state index is 0.597. The lowest BCUT2D eigenvalue weighted by Gasteiger charge is -2.28. The zero-order valence-corrected chi connectivity index (χ0v) is 13.9. The minimum absolute atomic E-state index is 0.597. The summed E-state index contributed by atoms with van der Waals surface area (Å²) >= 11 is 0. The maximum atomic E-state index is 5.45. The Kier molecular flexibility index (Phi) is 3.78. The van der Waals surface area contributed by atoms with Crippen LogP contribution < -0.4 is 15.0 Å². The van der Waals surface area contributed by atoms with E-state index in [4.69, 9.17) is 9.72 Å². The molecular formula is C17H20N6O. The third kappa shape index (κ3) is 2.56. The van der Waals surface area contributed by atoms with E-state index >= 15 is 0 Å². The van der Waals surface area contributed by atoms with Crippen LogP contribution in [0.2, 0.25) is 0 Å². The highest BCUT2D eigenvalue weighted by Gasteiger charge is 2.17. The van der Waals surface area contributed by atoms with Crippen molar-refractivity contribution in [2.75, 3.05) is 38.2 Å². The molecule has 3 aromatic heterocycles. The normalized spacial score (nSPS) is 15.0. The molecule has 3 aromatic rings. The van der Waals surface area contributed by atoms with Crippen molar-refractivity contribution >= 4 is 11.5 Å². The van der Waals surface area contributed by atoms with Crippen molar-refractivity contribution in [3.8, 4) is 17.0 Å². The van der Waals surface area contributed by atoms with Crippen LogP contribution in [-0.2, 0) is 0 Å². The standard InChI is InChI=1S/C17H20N6O/c1-12-3-4-13(17(20-12)24-2)14-11-19-23-8-5-15(21-16(14)23)22-9-6-18-7-10-22/h3-5,8,11,18H,6-7,9-10H2,1-2H3. The molecule has 0 radical (unpaired) electrons. The molecule has 0 aliphatic carbocycles. The SMILES string of the molecule is COc1nc(C)ccc1-c1cnn2ccc(N3CCNCC3)nc12. The molecule has 4 heterocycles. The fourth-order valence-electron chi connectivity index (χ4n) is 3.01. The number of hydrogen-bond acceptors (Lipinski definition) is 6. The zero-order valence-electron chi connectivity index (χ0n) is 13.9. The van der Waals surface area contributed by atoms with Crippen LogP contribution in [0, 0.1) is 6.92 Å². The Labute approximate surface area is 140 Å². The maximum Gasteiger partial charge on any atom is 0.221 e. The van der Waals surface area contributed by atoms with Crippen LogP contribution in [0.3, 0.4) is 0 Å². The Morgan fingerprint density at radius 2 is 1.92 bits per heavy atom. The lowest BCUT2D eigenvalue weighted by atomic mass is 10.1. The first-order valence-corrected chi connectivity index (χ1v) is 8.08. The number of ether oxygens (including phenoxy) is 1. The molecule has 0 bridgehead atoms. The zero-order chi connectivity index (χ0) is 16.5. The number of hydrogen-bond donors (Lipinski definition) is 1. The van der Waals surface area contributed by atoms with E-state index in [1.807, 2.05) is 37.5 Å². The van der Waals surface area contributed by atoms with Gasteiger partial charge in [-0.25, -0.2) is 14.5 Å². The Hall–Kier alpha value is -2.67. The Morgan fingerprint density at radius 3 is 2.71 bits per heavy atom. The van der Waals surface area contributed by atoms with Gasteiger partial charge in [0.15, 0.2) is 5.65 Å². The van der Waals surface area contributed by atoms with E-state index in [0.29, 0.717) is 5.88 Å². The summed E-state index contributed by atoms with van der Waals surface area (Å²) in [5, 5.41) is 7.78. The van der Waals surface area contributed by atoms with Gasteiger partial charge in [-0.15, -0.1) is 0 Å². The maximum absolute atomic E-state index is 5.45. The topological polar surface area (TPSA) is 67.6 Å². The summed E-state index contributed by atoms with van der Waals surface area (Å²) in [6.45, 7) is 5.83. The van der Waals surface area contributed by atoms with Gasteiger partial charge in [0, 0.05) is 43.6 Å². The highest BCUT2D eigenvalue weighted by molar-refractivity contribution is 5.80. The molecule has 1 saturated heterocycles. The third-order valence-corrected chi connectivity index (χ3v) is 4.28. The van der Waals surface area contributed by atoms with Gasteiger partial charge in [-0.1, -0.05) is 0 Å². The van der Waals surface area contributed by atoms with Gasteiger partial charge >= 0.3 is 0 Å². The predicted molar refractivity (Wildman–Crippen MR) is 92.6 cm³/mol. The number of anilines is 1. The van der Waals surface area contributed by atoms with Crippen molar-refractivity contribution < 1.29 is 4.74 Å². The van der Waals surface area contributed by atoms with Gasteiger partial charge in [-0.3, -0.25) is 0 Å². The fourth-order valence-corrected chi connectivity index (χ4v) is 3.01. The van der Waals surface area contributed by atoms with Gasteiger partial charge in [-0.05, 0) is 25.1 Å². The molecule has 124 valence electrons. The van der Waals surface area contributed by atoms with Crippen LogP contribution in [0.15, 0.2) is 30.6 Å². The number of aromatic nitrogens is 4. The molecule has 7 heteroatoms. The number of rotatable bonds is 3. The van der Waals surface area contributed by atoms with Crippen molar-refractivity contribution in [1.82, 2.24) is 24.9 Å². The second-order valence-corrected chi connectivity index (χ2v) is 5.86. The number of nitrogens with one attached hydrogen (secondary N) is 1. The van der Waals surface area contributed by atoms with Crippen LogP contribution in [0.5, 0.6) is 5.88 Å². The second kappa shape index (κ2) is 6.09. The van der Waals surface area contributed by atoms with E-state index in [2.05, 4.69) is 20.3 Å². The fraction of sp³-hybridized carbons (Fsp3) is 0.353. The number of aryl methyl sites for hydroxylation is 1. The van der Waals surface area contributed by atoms with Crippen molar-refractivity contribution in [2.45, 2.75) is 6.92 Å². The average Bonchev–Trinajstić information content (AvgIpc) is 3.05. The summed E-state index contributed by atoms with van der Waals surface area (Å²) in [6.07, 6.45) is 3.77. The molecule has 0 saturated carbocycles. The van der Waals surface area contributed by atoms with Gasteiger partial charge in [0.25, 0.3) is 0 Å². The number of pyridine rings is 1. The lowest BCUT2D eigenvalue weighted by Crippen LogP contribution is -2.43. The third-order valence-electron chi connectivity index (χ3n) is 4.28. The molecule has 0 aromatic carbocycles. The Balaban J connectivity index is 1.81. The van der Waals surface area contributed by atoms with E-state index in [9.17, 15) is 0 Å². The Morgan fingerprint density at radius 1 is 1.08 bits per heavy atom. The van der Waals surface area contributed by atoms with Crippen molar-refractivity contribution in [1.29, 1.82) is 0 Å². The van der Waals surface area contributed by atoms with E-state index in [1.54, 1.807) is 11.6 Å². The smallest absolute Gasteiger partial charge is 0.221 e. The predicted octanol–water partition coefficient (Wildman–Crippen LogP) is 1.52. The number of nitrogens with zero attached hydrogens (tertiary/aromatic N) is 5. The summed E-state index contributed by atoms with van der Waals surface area (Å²) in [5.41, 5.74) is 3.57. The second-order valence-electron chi connectivity index (χ2n) is 5.86. The number of piperazine rings is 1. The molecule has 4 rings (SSSR count). The molecule has 1 aliphatic rings. The number of methoxy groups -OCH3 is 1. The molecule has 1 N–H and O–H groups in total. The van der Waals surface area contributed by atoms with Gasteiger partial charge in [0.1, 0.15) is 5.82 Å². The van der Waals surface area contributed by atoms with E-state index in [-0.39, 0.29) is 0 Å². The summed E-state index contributed by atoms with van der Waals surface area (Å²) in [6, 6.07) is 6.00. The molecule has 0 unspecified atom stereocenters. The van der Waals surface area contributed by atoms with Crippen molar-refractivity contribution in [3.05, 3.63) is 36.3 Å². The molecule has 0 spiro atoms. The van der Waals surface area contributed by atoms with E-state index in [1.165, 1.54) is 0 Å². The average molecular weight is 324 g/mol. The highest BCUT2D eigenvalue weighted by Crippen LogP contribution is 2.31. The summed E-state index contributed by atoms with van der Waals surface area (Å²) < 4.78 is 7.24. The first kappa shape index (κ1) is 14.9. The Bertz CT molecular complexity index is 869. The van der Waals surface area contributed by atoms with Gasteiger partial charge in [-0.2, -0.15) is 5.10 Å². The molecule has 0 amide bonds. The largest absolute Gasteiger partial charge is 0.481 e. The van der Waals surface area contributed by atoms with Crippen LogP contribution >= 0.6 is 0 Å². The van der Waals surface area contributed by atoms with E-state index in [0.717, 1.165) is 54.5 Å². The first-order valence-electron chi connectivity index (χ1n) is 8.08. The summed E-state index contributed by atoms with van der Waals surface area (Å²) in [4.78, 5) is 11.6. The van der Waals surface area contributed by atoms with Gasteiger partial charge in [0.05, 0.1) is 18.9 Å². The molecular weight excluding hydrogens is 304 g/mol. The molecule has 1 aliphatic heterocycles. The van der Waals surface area contributed by atoms with E-state index < -0.39 is 0 Å². The van der Waals surface area contributed by atoms with Crippen LogP contribution in [0.4, 0.5) is 5.82 Å². The van der Waals surface area contributed by atoms with Crippen LogP contribution in [-0.4, -0.2) is 52.9 Å². The van der Waals surface area contributed by atoms with Crippen molar-refractivity contribution in [2.24, 2.45) is 0 Å². The summed E-state index contributed by atoms with van der Waals surface area (Å²) in [7, 11) is 1.64. The number of fused-ring (bicyclic) bond motifs is 1. The quantitative estimate of drug-likeness (QED) is 0.788. The molecule has 7 nitrogen and oxygen atoms in total.